The van der Waals surface area contributed by atoms with Crippen molar-refractivity contribution < 1.29 is 21.3 Å². The first-order valence-corrected chi connectivity index (χ1v) is 13.0. The molecule has 180 valence electrons. The van der Waals surface area contributed by atoms with Gasteiger partial charge in [0.2, 0.25) is 5.89 Å². The largest absolute Gasteiger partial charge is 0.441 e. The van der Waals surface area contributed by atoms with Crippen molar-refractivity contribution in [2.75, 3.05) is 11.1 Å². The highest BCUT2D eigenvalue weighted by molar-refractivity contribution is 7.91. The number of nitrogens with zero attached hydrogens (tertiary/aromatic N) is 3. The third-order valence-corrected chi connectivity index (χ3v) is 7.68. The zero-order chi connectivity index (χ0) is 25.0. The van der Waals surface area contributed by atoms with Gasteiger partial charge in [-0.25, -0.2) is 18.4 Å². The number of rotatable bonds is 6. The van der Waals surface area contributed by atoms with Crippen LogP contribution in [0.2, 0.25) is 0 Å². The standard InChI is InChI=1S/C23H21N5O3S.O2S/c1-14-11-27-23(31-14)20-12-26-22-19(5-6-25-22)21(20)28-17-7-16(8-17)13-32(29,30)18-4-2-3-15(9-18)10-24;1-3-2/h2-6,9,11-12,16-17H,7-8,13H2,1H3,(H2,25,26,28);. The van der Waals surface area contributed by atoms with Crippen molar-refractivity contribution in [1.29, 1.82) is 5.26 Å². The highest BCUT2D eigenvalue weighted by Gasteiger charge is 2.34. The van der Waals surface area contributed by atoms with E-state index in [0.29, 0.717) is 11.5 Å². The van der Waals surface area contributed by atoms with E-state index in [2.05, 4.69) is 20.3 Å². The second-order valence-electron chi connectivity index (χ2n) is 8.23. The third-order valence-electron chi connectivity index (χ3n) is 5.80. The number of anilines is 1. The summed E-state index contributed by atoms with van der Waals surface area (Å²) in [6, 6.07) is 10.3. The Bertz CT molecular complexity index is 1540. The van der Waals surface area contributed by atoms with Crippen LogP contribution in [0, 0.1) is 24.2 Å². The molecule has 3 aromatic heterocycles. The van der Waals surface area contributed by atoms with E-state index < -0.39 is 21.4 Å². The number of fused-ring (bicyclic) bond motifs is 1. The molecule has 1 aromatic carbocycles. The molecule has 0 spiro atoms. The van der Waals surface area contributed by atoms with E-state index in [9.17, 15) is 8.42 Å². The van der Waals surface area contributed by atoms with Crippen LogP contribution >= 0.6 is 0 Å². The minimum Gasteiger partial charge on any atom is -0.441 e. The van der Waals surface area contributed by atoms with Gasteiger partial charge in [0.1, 0.15) is 11.4 Å². The minimum atomic E-state index is -3.44. The summed E-state index contributed by atoms with van der Waals surface area (Å²) < 4.78 is 47.9. The number of hydrogen-bond donors (Lipinski definition) is 2. The maximum Gasteiger partial charge on any atom is 0.335 e. The number of aromatic amines is 1. The summed E-state index contributed by atoms with van der Waals surface area (Å²) in [5.41, 5.74) is 2.76. The maximum atomic E-state index is 12.8. The zero-order valence-corrected chi connectivity index (χ0v) is 20.2. The number of aromatic nitrogens is 3. The molecule has 0 bridgehead atoms. The number of nitriles is 1. The normalized spacial score (nSPS) is 17.0. The van der Waals surface area contributed by atoms with Crippen molar-refractivity contribution in [3.05, 3.63) is 60.2 Å². The van der Waals surface area contributed by atoms with Gasteiger partial charge in [-0.05, 0) is 49.9 Å². The van der Waals surface area contributed by atoms with Gasteiger partial charge in [0.15, 0.2) is 9.84 Å². The van der Waals surface area contributed by atoms with Crippen LogP contribution < -0.4 is 5.32 Å². The highest BCUT2D eigenvalue weighted by Crippen LogP contribution is 2.38. The van der Waals surface area contributed by atoms with E-state index in [4.69, 9.17) is 18.1 Å². The predicted octanol–water partition coefficient (Wildman–Crippen LogP) is 3.39. The number of sulfone groups is 1. The molecular formula is C23H21N5O5S2. The van der Waals surface area contributed by atoms with Gasteiger partial charge in [-0.1, -0.05) is 6.07 Å². The Morgan fingerprint density at radius 3 is 2.69 bits per heavy atom. The molecule has 2 N–H and O–H groups in total. The molecule has 10 nitrogen and oxygen atoms in total. The monoisotopic (exact) mass is 511 g/mol. The second kappa shape index (κ2) is 10.2. The summed E-state index contributed by atoms with van der Waals surface area (Å²) in [5.74, 6) is 1.34. The van der Waals surface area contributed by atoms with Gasteiger partial charge in [0.25, 0.3) is 0 Å². The minimum absolute atomic E-state index is 0.0548. The summed E-state index contributed by atoms with van der Waals surface area (Å²) >= 11 is -0.750. The smallest absolute Gasteiger partial charge is 0.335 e. The Balaban J connectivity index is 0.000000917. The van der Waals surface area contributed by atoms with Gasteiger partial charge in [-0.2, -0.15) is 13.7 Å². The van der Waals surface area contributed by atoms with Crippen LogP contribution in [0.1, 0.15) is 24.2 Å². The molecule has 0 radical (unpaired) electrons. The molecule has 1 saturated carbocycles. The molecule has 1 aliphatic carbocycles. The van der Waals surface area contributed by atoms with Crippen LogP contribution in [-0.2, 0) is 21.4 Å². The lowest BCUT2D eigenvalue weighted by atomic mass is 9.81. The van der Waals surface area contributed by atoms with Gasteiger partial charge in [0.05, 0.1) is 39.7 Å². The van der Waals surface area contributed by atoms with E-state index in [1.807, 2.05) is 25.3 Å². The van der Waals surface area contributed by atoms with Crippen LogP contribution in [0.3, 0.4) is 0 Å². The van der Waals surface area contributed by atoms with Gasteiger partial charge in [-0.15, -0.1) is 0 Å². The van der Waals surface area contributed by atoms with Gasteiger partial charge in [-0.3, -0.25) is 0 Å². The molecule has 3 heterocycles. The second-order valence-corrected chi connectivity index (χ2v) is 10.4. The first-order valence-electron chi connectivity index (χ1n) is 10.6. The molecule has 1 fully saturated rings. The molecule has 35 heavy (non-hydrogen) atoms. The molecular weight excluding hydrogens is 490 g/mol. The van der Waals surface area contributed by atoms with Gasteiger partial charge in [0, 0.05) is 23.8 Å². The van der Waals surface area contributed by atoms with Crippen molar-refractivity contribution in [3.63, 3.8) is 0 Å². The Morgan fingerprint density at radius 2 is 2.00 bits per heavy atom. The molecule has 1 aliphatic rings. The van der Waals surface area contributed by atoms with E-state index in [1.165, 1.54) is 6.07 Å². The summed E-state index contributed by atoms with van der Waals surface area (Å²) in [5, 5.41) is 13.5. The molecule has 0 saturated heterocycles. The van der Waals surface area contributed by atoms with Crippen LogP contribution in [0.25, 0.3) is 22.5 Å². The van der Waals surface area contributed by atoms with Crippen LogP contribution in [0.4, 0.5) is 5.69 Å². The molecule has 5 rings (SSSR count). The number of aryl methyl sites for hydroxylation is 1. The third kappa shape index (κ3) is 5.31. The summed E-state index contributed by atoms with van der Waals surface area (Å²) in [6.07, 6.45) is 6.70. The van der Waals surface area contributed by atoms with Crippen molar-refractivity contribution in [1.82, 2.24) is 15.0 Å². The average molecular weight is 512 g/mol. The quantitative estimate of drug-likeness (QED) is 0.395. The predicted molar refractivity (Wildman–Crippen MR) is 129 cm³/mol. The zero-order valence-electron chi connectivity index (χ0n) is 18.6. The van der Waals surface area contributed by atoms with E-state index in [1.54, 1.807) is 30.6 Å². The molecule has 4 aromatic rings. The first kappa shape index (κ1) is 24.3. The molecule has 0 atom stereocenters. The van der Waals surface area contributed by atoms with Crippen molar-refractivity contribution in [3.8, 4) is 17.5 Å². The van der Waals surface area contributed by atoms with E-state index in [-0.39, 0.29) is 22.6 Å². The molecule has 12 heteroatoms. The molecule has 0 amide bonds. The highest BCUT2D eigenvalue weighted by atomic mass is 32.2. The Labute approximate surface area is 204 Å². The fraction of sp³-hybridized carbons (Fsp3) is 0.261. The van der Waals surface area contributed by atoms with E-state index in [0.717, 1.165) is 40.9 Å². The first-order chi connectivity index (χ1) is 16.8. The number of hydrogen-bond acceptors (Lipinski definition) is 9. The Kier molecular flexibility index (Phi) is 7.09. The SMILES string of the molecule is Cc1cnc(-c2cnc3[nH]ccc3c2NC2CC(CS(=O)(=O)c3cccc(C#N)c3)C2)o1.O=S=O. The fourth-order valence-corrected chi connectivity index (χ4v) is 5.84. The number of nitrogens with one attached hydrogen (secondary N) is 2. The number of oxazole rings is 1. The fourth-order valence-electron chi connectivity index (χ4n) is 4.16. The number of pyridine rings is 1. The van der Waals surface area contributed by atoms with Crippen molar-refractivity contribution >= 4 is 38.1 Å². The summed E-state index contributed by atoms with van der Waals surface area (Å²) in [4.78, 5) is 12.1. The van der Waals surface area contributed by atoms with E-state index >= 15 is 0 Å². The van der Waals surface area contributed by atoms with Crippen molar-refractivity contribution in [2.24, 2.45) is 5.92 Å². The maximum absolute atomic E-state index is 12.8. The van der Waals surface area contributed by atoms with Crippen LogP contribution in [-0.4, -0.2) is 43.6 Å². The van der Waals surface area contributed by atoms with Crippen LogP contribution in [0.15, 0.2) is 58.2 Å². The molecule has 0 unspecified atom stereocenters. The van der Waals surface area contributed by atoms with Gasteiger partial charge < -0.3 is 14.7 Å². The van der Waals surface area contributed by atoms with Gasteiger partial charge >= 0.3 is 11.6 Å². The lowest BCUT2D eigenvalue weighted by molar-refractivity contribution is 0.311. The molecule has 0 aliphatic heterocycles. The summed E-state index contributed by atoms with van der Waals surface area (Å²) in [7, 11) is -3.44. The number of H-pyrrole nitrogens is 1. The summed E-state index contributed by atoms with van der Waals surface area (Å²) in [6.45, 7) is 1.84. The average Bonchev–Trinajstić information content (AvgIpc) is 3.47. The van der Waals surface area contributed by atoms with Crippen LogP contribution in [0.5, 0.6) is 0 Å². The number of benzene rings is 1. The lowest BCUT2D eigenvalue weighted by Crippen LogP contribution is -2.39. The Hall–Kier alpha value is -3.82. The Morgan fingerprint density at radius 1 is 1.23 bits per heavy atom. The lowest BCUT2D eigenvalue weighted by Gasteiger charge is -2.36. The van der Waals surface area contributed by atoms with Crippen molar-refractivity contribution in [2.45, 2.75) is 30.7 Å². The topological polar surface area (TPSA) is 159 Å².